The summed E-state index contributed by atoms with van der Waals surface area (Å²) in [6, 6.07) is 3.33. The van der Waals surface area contributed by atoms with Crippen molar-refractivity contribution in [2.75, 3.05) is 0 Å². The molecular weight excluding hydrogens is 451 g/mol. The molecule has 0 saturated carbocycles. The molecular formula is C17H21N4O10P. The SMILES string of the molecule is Cc1cc2nc3c(=O)[nH]c(=O)nc-3n(C[C@H](O)[C@H](O)[C@H](O)C(O)OP(=O)(O)O)c2cc1C. The molecule has 2 aliphatic rings. The minimum atomic E-state index is -5.20. The molecule has 1 aromatic carbocycles. The number of fused-ring (bicyclic) bond motifs is 2. The molecule has 2 aliphatic heterocycles. The monoisotopic (exact) mass is 472 g/mol. The van der Waals surface area contributed by atoms with Gasteiger partial charge in [0.05, 0.1) is 17.6 Å². The van der Waals surface area contributed by atoms with E-state index in [4.69, 9.17) is 9.79 Å². The zero-order chi connectivity index (χ0) is 24.0. The van der Waals surface area contributed by atoms with Crippen LogP contribution in [0.5, 0.6) is 0 Å². The fourth-order valence-electron chi connectivity index (χ4n) is 3.13. The highest BCUT2D eigenvalue weighted by Crippen LogP contribution is 2.38. The van der Waals surface area contributed by atoms with E-state index in [0.29, 0.717) is 11.0 Å². The molecule has 1 unspecified atom stereocenters. The molecule has 7 N–H and O–H groups in total. The van der Waals surface area contributed by atoms with Crippen molar-refractivity contribution >= 4 is 18.9 Å². The van der Waals surface area contributed by atoms with E-state index in [9.17, 15) is 34.6 Å². The van der Waals surface area contributed by atoms with Gasteiger partial charge in [-0.05, 0) is 37.1 Å². The summed E-state index contributed by atoms with van der Waals surface area (Å²) in [4.78, 5) is 51.4. The number of hydrogen-bond acceptors (Lipinski definition) is 10. The third kappa shape index (κ3) is 4.92. The van der Waals surface area contributed by atoms with E-state index in [1.54, 1.807) is 19.1 Å². The fourth-order valence-corrected chi connectivity index (χ4v) is 3.54. The second-order valence-electron chi connectivity index (χ2n) is 7.23. The van der Waals surface area contributed by atoms with E-state index >= 15 is 0 Å². The van der Waals surface area contributed by atoms with E-state index in [1.165, 1.54) is 4.57 Å². The number of aryl methyl sites for hydroxylation is 2. The van der Waals surface area contributed by atoms with Gasteiger partial charge in [-0.1, -0.05) is 0 Å². The maximum atomic E-state index is 12.3. The molecule has 0 aromatic heterocycles. The van der Waals surface area contributed by atoms with Crippen molar-refractivity contribution in [2.24, 2.45) is 0 Å². The zero-order valence-corrected chi connectivity index (χ0v) is 17.7. The Hall–Kier alpha value is -2.55. The van der Waals surface area contributed by atoms with Gasteiger partial charge in [-0.2, -0.15) is 4.98 Å². The predicted molar refractivity (Wildman–Crippen MR) is 108 cm³/mol. The fraction of sp³-hybridized carbons (Fsp3) is 0.412. The number of hydrogen-bond donors (Lipinski definition) is 7. The first-order valence-electron chi connectivity index (χ1n) is 9.16. The first kappa shape index (κ1) is 24.1. The summed E-state index contributed by atoms with van der Waals surface area (Å²) in [6.07, 6.45) is -8.84. The number of benzene rings is 1. The van der Waals surface area contributed by atoms with Gasteiger partial charge in [-0.25, -0.2) is 14.3 Å². The zero-order valence-electron chi connectivity index (χ0n) is 16.8. The van der Waals surface area contributed by atoms with Gasteiger partial charge in [0.15, 0.2) is 17.8 Å². The average molecular weight is 472 g/mol. The van der Waals surface area contributed by atoms with Crippen LogP contribution in [0.1, 0.15) is 11.1 Å². The molecule has 0 saturated heterocycles. The number of phosphoric ester groups is 1. The standard InChI is InChI=1S/C17H21N4O10P/c1-6-3-8-9(4-7(6)2)21(14-11(18-8)15(25)20-17(27)19-14)5-10(22)12(23)13(24)16(26)31-32(28,29)30/h3-4,10,12-13,16,22-24,26H,5H2,1-2H3,(H,20,25,27)(H2,28,29,30)/t10-,12-,13-,16?/m0/s1. The van der Waals surface area contributed by atoms with Crippen molar-refractivity contribution < 1.29 is 39.3 Å². The molecule has 0 amide bonds. The number of rotatable bonds is 7. The molecule has 0 spiro atoms. The molecule has 0 aliphatic carbocycles. The van der Waals surface area contributed by atoms with Crippen LogP contribution in [-0.4, -0.2) is 74.3 Å². The van der Waals surface area contributed by atoms with Crippen LogP contribution in [0, 0.1) is 13.8 Å². The summed E-state index contributed by atoms with van der Waals surface area (Å²) in [7, 11) is -5.20. The number of aliphatic hydroxyl groups excluding tert-OH is 4. The highest BCUT2D eigenvalue weighted by Gasteiger charge is 2.35. The number of H-pyrrole nitrogens is 1. The van der Waals surface area contributed by atoms with Gasteiger partial charge >= 0.3 is 13.5 Å². The van der Waals surface area contributed by atoms with Crippen LogP contribution in [0.3, 0.4) is 0 Å². The number of phosphoric acid groups is 1. The van der Waals surface area contributed by atoms with E-state index in [2.05, 4.69) is 14.5 Å². The number of nitrogens with one attached hydrogen (secondary N) is 1. The molecule has 15 heteroatoms. The van der Waals surface area contributed by atoms with Gasteiger partial charge in [0.1, 0.15) is 18.3 Å². The lowest BCUT2D eigenvalue weighted by Crippen LogP contribution is -2.46. The van der Waals surface area contributed by atoms with E-state index in [0.717, 1.165) is 11.1 Å². The van der Waals surface area contributed by atoms with Crippen molar-refractivity contribution in [3.05, 3.63) is 44.1 Å². The van der Waals surface area contributed by atoms with Crippen LogP contribution in [0.4, 0.5) is 0 Å². The largest absolute Gasteiger partial charge is 0.472 e. The lowest BCUT2D eigenvalue weighted by molar-refractivity contribution is -0.172. The number of aliphatic hydroxyl groups is 4. The van der Waals surface area contributed by atoms with Gasteiger partial charge in [0.25, 0.3) is 5.56 Å². The van der Waals surface area contributed by atoms with Gasteiger partial charge in [0, 0.05) is 0 Å². The first-order valence-corrected chi connectivity index (χ1v) is 10.7. The summed E-state index contributed by atoms with van der Waals surface area (Å²) < 4.78 is 16.0. The first-order chi connectivity index (χ1) is 14.8. The van der Waals surface area contributed by atoms with Gasteiger partial charge in [-0.3, -0.25) is 14.3 Å². The molecule has 3 rings (SSSR count). The van der Waals surface area contributed by atoms with Crippen molar-refractivity contribution in [3.63, 3.8) is 0 Å². The van der Waals surface area contributed by atoms with Crippen LogP contribution in [-0.2, 0) is 15.6 Å². The second-order valence-corrected chi connectivity index (χ2v) is 8.42. The molecule has 14 nitrogen and oxygen atoms in total. The molecule has 32 heavy (non-hydrogen) atoms. The summed E-state index contributed by atoms with van der Waals surface area (Å²) in [5.41, 5.74) is 0.294. The lowest BCUT2D eigenvalue weighted by Gasteiger charge is -2.28. The lowest BCUT2D eigenvalue weighted by atomic mass is 10.1. The van der Waals surface area contributed by atoms with E-state index in [-0.39, 0.29) is 11.5 Å². The van der Waals surface area contributed by atoms with E-state index in [1.807, 2.05) is 11.9 Å². The van der Waals surface area contributed by atoms with E-state index < -0.39 is 50.2 Å². The van der Waals surface area contributed by atoms with Crippen molar-refractivity contribution in [1.82, 2.24) is 19.5 Å². The van der Waals surface area contributed by atoms with Gasteiger partial charge in [0.2, 0.25) is 0 Å². The van der Waals surface area contributed by atoms with Crippen molar-refractivity contribution in [2.45, 2.75) is 45.0 Å². The summed E-state index contributed by atoms with van der Waals surface area (Å²) >= 11 is 0. The van der Waals surface area contributed by atoms with Crippen LogP contribution >= 0.6 is 7.82 Å². The number of aromatic nitrogens is 4. The molecule has 0 bridgehead atoms. The Kier molecular flexibility index (Phi) is 6.60. The second kappa shape index (κ2) is 8.77. The summed E-state index contributed by atoms with van der Waals surface area (Å²) in [5, 5.41) is 40.2. The Bertz CT molecular complexity index is 1280. The molecule has 1 aromatic rings. The number of aromatic amines is 1. The van der Waals surface area contributed by atoms with Crippen LogP contribution in [0.25, 0.3) is 22.6 Å². The maximum absolute atomic E-state index is 12.3. The molecule has 2 heterocycles. The Balaban J connectivity index is 2.08. The van der Waals surface area contributed by atoms with Crippen LogP contribution in [0.2, 0.25) is 0 Å². The molecule has 0 radical (unpaired) electrons. The Labute approximate surface area is 179 Å². The molecule has 174 valence electrons. The molecule has 0 fully saturated rings. The Morgan fingerprint density at radius 2 is 1.69 bits per heavy atom. The molecule has 4 atom stereocenters. The highest BCUT2D eigenvalue weighted by atomic mass is 31.2. The van der Waals surface area contributed by atoms with Crippen molar-refractivity contribution in [3.8, 4) is 11.5 Å². The Morgan fingerprint density at radius 1 is 1.06 bits per heavy atom. The topological polar surface area (TPSA) is 228 Å². The smallest absolute Gasteiger partial charge is 0.388 e. The summed E-state index contributed by atoms with van der Waals surface area (Å²) in [5.74, 6) is -0.206. The normalized spacial score (nSPS) is 16.2. The quantitative estimate of drug-likeness (QED) is 0.109. The Morgan fingerprint density at radius 3 is 2.31 bits per heavy atom. The third-order valence-corrected chi connectivity index (χ3v) is 5.37. The van der Waals surface area contributed by atoms with Crippen molar-refractivity contribution in [1.29, 1.82) is 0 Å². The van der Waals surface area contributed by atoms with Crippen LogP contribution in [0.15, 0.2) is 21.7 Å². The van der Waals surface area contributed by atoms with Gasteiger partial charge in [-0.15, -0.1) is 0 Å². The maximum Gasteiger partial charge on any atom is 0.472 e. The highest BCUT2D eigenvalue weighted by molar-refractivity contribution is 7.46. The van der Waals surface area contributed by atoms with Crippen LogP contribution < -0.4 is 11.2 Å². The van der Waals surface area contributed by atoms with Gasteiger partial charge < -0.3 is 34.8 Å². The minimum absolute atomic E-state index is 0.206. The predicted octanol–water partition coefficient (Wildman–Crippen LogP) is -2.29. The third-order valence-electron chi connectivity index (χ3n) is 4.88. The summed E-state index contributed by atoms with van der Waals surface area (Å²) in [6.45, 7) is 3.05. The minimum Gasteiger partial charge on any atom is -0.388 e. The average Bonchev–Trinajstić information content (AvgIpc) is 2.67. The number of nitrogens with zero attached hydrogens (tertiary/aromatic N) is 3.